The zero-order valence-electron chi connectivity index (χ0n) is 11.3. The van der Waals surface area contributed by atoms with Crippen LogP contribution in [0.1, 0.15) is 15.4 Å². The molecule has 6 nitrogen and oxygen atoms in total. The number of guanidine groups is 1. The van der Waals surface area contributed by atoms with E-state index in [2.05, 4.69) is 32.6 Å². The molecule has 0 aliphatic heterocycles. The predicted molar refractivity (Wildman–Crippen MR) is 77.1 cm³/mol. The fourth-order valence-electron chi connectivity index (χ4n) is 1.61. The number of nitrogens with zero attached hydrogens (tertiary/aromatic N) is 4. The molecule has 102 valence electrons. The predicted octanol–water partition coefficient (Wildman–Crippen LogP) is 1.05. The maximum atomic E-state index is 4.30. The lowest BCUT2D eigenvalue weighted by atomic mass is 10.4. The molecule has 0 bridgehead atoms. The molecule has 0 atom stereocenters. The van der Waals surface area contributed by atoms with Crippen LogP contribution < -0.4 is 10.6 Å². The highest BCUT2D eigenvalue weighted by Crippen LogP contribution is 2.10. The van der Waals surface area contributed by atoms with Crippen molar-refractivity contribution in [1.82, 2.24) is 25.4 Å². The zero-order chi connectivity index (χ0) is 13.7. The molecule has 2 aromatic heterocycles. The number of hydrogen-bond acceptors (Lipinski definition) is 4. The first-order valence-electron chi connectivity index (χ1n) is 6.00. The number of aryl methyl sites for hydroxylation is 2. The van der Waals surface area contributed by atoms with Crippen molar-refractivity contribution in [2.45, 2.75) is 20.0 Å². The van der Waals surface area contributed by atoms with Gasteiger partial charge in [-0.2, -0.15) is 5.10 Å². The van der Waals surface area contributed by atoms with Crippen molar-refractivity contribution < 1.29 is 0 Å². The highest BCUT2D eigenvalue weighted by molar-refractivity contribution is 7.11. The summed E-state index contributed by atoms with van der Waals surface area (Å²) in [6, 6.07) is 0. The number of aromatic nitrogens is 3. The second-order valence-corrected chi connectivity index (χ2v) is 5.49. The van der Waals surface area contributed by atoms with E-state index in [0.29, 0.717) is 13.1 Å². The van der Waals surface area contributed by atoms with E-state index in [9.17, 15) is 0 Å². The third kappa shape index (κ3) is 4.06. The zero-order valence-corrected chi connectivity index (χ0v) is 12.2. The number of nitrogens with one attached hydrogen (secondary N) is 2. The van der Waals surface area contributed by atoms with Gasteiger partial charge >= 0.3 is 0 Å². The molecule has 0 amide bonds. The van der Waals surface area contributed by atoms with E-state index in [1.165, 1.54) is 4.88 Å². The average molecular weight is 278 g/mol. The van der Waals surface area contributed by atoms with Crippen LogP contribution in [-0.2, 0) is 20.1 Å². The maximum Gasteiger partial charge on any atom is 0.191 e. The summed E-state index contributed by atoms with van der Waals surface area (Å²) < 4.78 is 1.78. The van der Waals surface area contributed by atoms with Crippen molar-refractivity contribution in [1.29, 1.82) is 0 Å². The van der Waals surface area contributed by atoms with Crippen molar-refractivity contribution in [2.24, 2.45) is 12.0 Å². The lowest BCUT2D eigenvalue weighted by Gasteiger charge is -2.09. The van der Waals surface area contributed by atoms with Crippen molar-refractivity contribution in [3.8, 4) is 0 Å². The molecule has 0 radical (unpaired) electrons. The molecule has 19 heavy (non-hydrogen) atoms. The van der Waals surface area contributed by atoms with Crippen molar-refractivity contribution in [2.75, 3.05) is 7.05 Å². The van der Waals surface area contributed by atoms with Crippen molar-refractivity contribution >= 4 is 17.3 Å². The SMILES string of the molecule is CN=C(NCc1cnn(C)c1)NCc1ncc(C)s1. The first kappa shape index (κ1) is 13.5. The Morgan fingerprint density at radius 3 is 2.74 bits per heavy atom. The third-order valence-corrected chi connectivity index (χ3v) is 3.43. The molecule has 0 aromatic carbocycles. The Labute approximate surface area is 116 Å². The number of hydrogen-bond donors (Lipinski definition) is 2. The minimum atomic E-state index is 0.686. The molecule has 0 fully saturated rings. The van der Waals surface area contributed by atoms with Gasteiger partial charge < -0.3 is 10.6 Å². The van der Waals surface area contributed by atoms with E-state index in [4.69, 9.17) is 0 Å². The summed E-state index contributed by atoms with van der Waals surface area (Å²) in [5, 5.41) is 11.7. The van der Waals surface area contributed by atoms with E-state index in [-0.39, 0.29) is 0 Å². The number of aliphatic imine (C=N–C) groups is 1. The van der Waals surface area contributed by atoms with Crippen LogP contribution in [0.25, 0.3) is 0 Å². The Morgan fingerprint density at radius 2 is 2.16 bits per heavy atom. The Hall–Kier alpha value is -1.89. The Balaban J connectivity index is 1.80. The van der Waals surface area contributed by atoms with Gasteiger partial charge in [-0.3, -0.25) is 9.67 Å². The quantitative estimate of drug-likeness (QED) is 0.648. The van der Waals surface area contributed by atoms with Gasteiger partial charge in [-0.15, -0.1) is 11.3 Å². The largest absolute Gasteiger partial charge is 0.352 e. The van der Waals surface area contributed by atoms with Crippen LogP contribution in [0.5, 0.6) is 0 Å². The van der Waals surface area contributed by atoms with Gasteiger partial charge in [0, 0.05) is 43.5 Å². The van der Waals surface area contributed by atoms with E-state index in [1.807, 2.05) is 25.6 Å². The van der Waals surface area contributed by atoms with Crippen molar-refractivity contribution in [3.63, 3.8) is 0 Å². The molecule has 0 aliphatic rings. The van der Waals surface area contributed by atoms with Gasteiger partial charge in [0.25, 0.3) is 0 Å². The van der Waals surface area contributed by atoms with Gasteiger partial charge in [0.1, 0.15) is 5.01 Å². The monoisotopic (exact) mass is 278 g/mol. The fourth-order valence-corrected chi connectivity index (χ4v) is 2.34. The summed E-state index contributed by atoms with van der Waals surface area (Å²) in [5.74, 6) is 0.761. The van der Waals surface area contributed by atoms with E-state index in [1.54, 1.807) is 23.1 Å². The molecule has 0 saturated heterocycles. The first-order chi connectivity index (χ1) is 9.17. The average Bonchev–Trinajstić information content (AvgIpc) is 2.99. The molecule has 7 heteroatoms. The van der Waals surface area contributed by atoms with Gasteiger partial charge in [0.2, 0.25) is 0 Å². The van der Waals surface area contributed by atoms with Crippen LogP contribution >= 0.6 is 11.3 Å². The highest BCUT2D eigenvalue weighted by atomic mass is 32.1. The van der Waals surface area contributed by atoms with Gasteiger partial charge in [0.15, 0.2) is 5.96 Å². The smallest absolute Gasteiger partial charge is 0.191 e. The minimum absolute atomic E-state index is 0.686. The topological polar surface area (TPSA) is 67.1 Å². The number of thiazole rings is 1. The molecule has 0 unspecified atom stereocenters. The van der Waals surface area contributed by atoms with Gasteiger partial charge in [0.05, 0.1) is 12.7 Å². The van der Waals surface area contributed by atoms with Crippen LogP contribution in [0.4, 0.5) is 0 Å². The van der Waals surface area contributed by atoms with E-state index in [0.717, 1.165) is 16.5 Å². The van der Waals surface area contributed by atoms with Gasteiger partial charge in [-0.1, -0.05) is 0 Å². The van der Waals surface area contributed by atoms with Crippen molar-refractivity contribution in [3.05, 3.63) is 34.0 Å². The minimum Gasteiger partial charge on any atom is -0.352 e. The maximum absolute atomic E-state index is 4.30. The summed E-state index contributed by atoms with van der Waals surface area (Å²) in [5.41, 5.74) is 1.12. The molecular weight excluding hydrogens is 260 g/mol. The van der Waals surface area contributed by atoms with E-state index < -0.39 is 0 Å². The third-order valence-electron chi connectivity index (χ3n) is 2.52. The Morgan fingerprint density at radius 1 is 1.37 bits per heavy atom. The van der Waals surface area contributed by atoms with Crippen LogP contribution in [0.15, 0.2) is 23.6 Å². The van der Waals surface area contributed by atoms with E-state index >= 15 is 0 Å². The summed E-state index contributed by atoms with van der Waals surface area (Å²) in [6.07, 6.45) is 5.70. The molecule has 2 N–H and O–H groups in total. The lowest BCUT2D eigenvalue weighted by molar-refractivity contribution is 0.764. The van der Waals surface area contributed by atoms with Gasteiger partial charge in [-0.05, 0) is 6.92 Å². The molecular formula is C12H18N6S. The second-order valence-electron chi connectivity index (χ2n) is 4.17. The Bertz CT molecular complexity index is 510. The molecule has 0 aliphatic carbocycles. The summed E-state index contributed by atoms with van der Waals surface area (Å²) >= 11 is 1.69. The standard InChI is InChI=1S/C12H18N6S/c1-9-4-14-11(19-9)7-16-12(13-2)15-5-10-6-17-18(3)8-10/h4,6,8H,5,7H2,1-3H3,(H2,13,15,16). The number of rotatable bonds is 4. The summed E-state index contributed by atoms with van der Waals surface area (Å²) in [4.78, 5) is 9.70. The molecule has 2 heterocycles. The van der Waals surface area contributed by atoms with Gasteiger partial charge in [-0.25, -0.2) is 4.98 Å². The highest BCUT2D eigenvalue weighted by Gasteiger charge is 2.02. The van der Waals surface area contributed by atoms with Crippen LogP contribution in [0, 0.1) is 6.92 Å². The molecule has 2 rings (SSSR count). The summed E-state index contributed by atoms with van der Waals surface area (Å²) in [6.45, 7) is 3.44. The fraction of sp³-hybridized carbons (Fsp3) is 0.417. The lowest BCUT2D eigenvalue weighted by Crippen LogP contribution is -2.36. The molecule has 0 saturated carbocycles. The molecule has 0 spiro atoms. The normalized spacial score (nSPS) is 11.6. The molecule has 2 aromatic rings. The Kier molecular flexibility index (Phi) is 4.51. The van der Waals surface area contributed by atoms with Crippen LogP contribution in [0.2, 0.25) is 0 Å². The van der Waals surface area contributed by atoms with Crippen LogP contribution in [0.3, 0.4) is 0 Å². The second kappa shape index (κ2) is 6.33. The summed E-state index contributed by atoms with van der Waals surface area (Å²) in [7, 11) is 3.66. The van der Waals surface area contributed by atoms with Crippen LogP contribution in [-0.4, -0.2) is 27.8 Å². The first-order valence-corrected chi connectivity index (χ1v) is 6.82.